The molecule has 8 aromatic rings. The maximum Gasteiger partial charge on any atom is 0.108 e. The number of pyridine rings is 2. The van der Waals surface area contributed by atoms with E-state index in [0.717, 1.165) is 49.9 Å². The zero-order valence-corrected chi connectivity index (χ0v) is 27.6. The highest BCUT2D eigenvalue weighted by Gasteiger charge is 2.19. The van der Waals surface area contributed by atoms with Gasteiger partial charge in [-0.25, -0.2) is 0 Å². The van der Waals surface area contributed by atoms with Gasteiger partial charge in [0.1, 0.15) is 5.71 Å². The van der Waals surface area contributed by atoms with Gasteiger partial charge in [0.2, 0.25) is 0 Å². The second-order valence-corrected chi connectivity index (χ2v) is 12.6. The molecule has 0 radical (unpaired) electrons. The summed E-state index contributed by atoms with van der Waals surface area (Å²) in [6.07, 6.45) is 13.2. The van der Waals surface area contributed by atoms with Crippen LogP contribution in [0.1, 0.15) is 5.56 Å². The molecule has 0 aliphatic heterocycles. The fourth-order valence-corrected chi connectivity index (χ4v) is 7.10. The van der Waals surface area contributed by atoms with Gasteiger partial charge in [-0.1, -0.05) is 103 Å². The lowest BCUT2D eigenvalue weighted by Crippen LogP contribution is -2.14. The van der Waals surface area contributed by atoms with Crippen LogP contribution in [0, 0.1) is 5.41 Å². The molecular formula is C46H31N5. The Morgan fingerprint density at radius 3 is 1.67 bits per heavy atom. The third-order valence-electron chi connectivity index (χ3n) is 9.48. The van der Waals surface area contributed by atoms with Gasteiger partial charge in [0, 0.05) is 35.9 Å². The van der Waals surface area contributed by atoms with E-state index in [4.69, 9.17) is 10.5 Å². The summed E-state index contributed by atoms with van der Waals surface area (Å²) in [5.74, 6) is 0. The number of aromatic nitrogens is 2. The summed E-state index contributed by atoms with van der Waals surface area (Å²) >= 11 is 0. The average Bonchev–Trinajstić information content (AvgIpc) is 3.20. The fraction of sp³-hybridized carbons (Fsp3) is 0. The Morgan fingerprint density at radius 2 is 1.08 bits per heavy atom. The van der Waals surface area contributed by atoms with E-state index in [9.17, 15) is 0 Å². The van der Waals surface area contributed by atoms with Crippen LogP contribution in [0.3, 0.4) is 0 Å². The molecule has 2 aromatic heterocycles. The molecule has 0 unspecified atom stereocenters. The third-order valence-corrected chi connectivity index (χ3v) is 9.48. The summed E-state index contributed by atoms with van der Waals surface area (Å²) in [6, 6.07) is 46.6. The zero-order chi connectivity index (χ0) is 34.1. The van der Waals surface area contributed by atoms with Crippen molar-refractivity contribution in [3.63, 3.8) is 0 Å². The van der Waals surface area contributed by atoms with Gasteiger partial charge in [0.05, 0.1) is 11.4 Å². The summed E-state index contributed by atoms with van der Waals surface area (Å²) in [5, 5.41) is 20.9. The van der Waals surface area contributed by atoms with Gasteiger partial charge in [0.15, 0.2) is 0 Å². The maximum atomic E-state index is 9.10. The second kappa shape index (κ2) is 12.8. The Balaban J connectivity index is 1.10. The Hall–Kier alpha value is -6.98. The number of anilines is 1. The lowest BCUT2D eigenvalue weighted by molar-refractivity contribution is 1.31. The van der Waals surface area contributed by atoms with E-state index in [-0.39, 0.29) is 0 Å². The first-order chi connectivity index (χ1) is 25.2. The lowest BCUT2D eigenvalue weighted by Gasteiger charge is -2.19. The SMILES string of the molecule is N=C1C=C(c2c3ccccc3c(-c3ccc4ccccc4c3)c3ccccc23)C=C/C1=N/Nc1cc(-c2cccnc2)cc(-c2cccnc2)c1. The fourth-order valence-electron chi connectivity index (χ4n) is 7.10. The molecule has 6 aromatic carbocycles. The number of allylic oxidation sites excluding steroid dienone is 4. The van der Waals surface area contributed by atoms with Crippen molar-refractivity contribution in [1.82, 2.24) is 9.97 Å². The van der Waals surface area contributed by atoms with E-state index in [1.165, 1.54) is 32.7 Å². The number of nitrogens with one attached hydrogen (secondary N) is 2. The van der Waals surface area contributed by atoms with Gasteiger partial charge in [-0.3, -0.25) is 20.8 Å². The van der Waals surface area contributed by atoms with E-state index >= 15 is 0 Å². The van der Waals surface area contributed by atoms with Gasteiger partial charge in [-0.2, -0.15) is 5.10 Å². The number of hydrazone groups is 1. The number of fused-ring (bicyclic) bond motifs is 3. The van der Waals surface area contributed by atoms with Crippen LogP contribution in [-0.4, -0.2) is 21.4 Å². The molecule has 0 atom stereocenters. The maximum absolute atomic E-state index is 9.10. The Labute approximate surface area is 295 Å². The van der Waals surface area contributed by atoms with Crippen LogP contribution in [-0.2, 0) is 0 Å². The van der Waals surface area contributed by atoms with Gasteiger partial charge in [-0.15, -0.1) is 0 Å². The van der Waals surface area contributed by atoms with Crippen LogP contribution in [0.15, 0.2) is 182 Å². The van der Waals surface area contributed by atoms with Crippen LogP contribution in [0.4, 0.5) is 5.69 Å². The first-order valence-corrected chi connectivity index (χ1v) is 16.9. The molecule has 0 saturated heterocycles. The van der Waals surface area contributed by atoms with Crippen molar-refractivity contribution in [3.8, 4) is 33.4 Å². The molecule has 0 spiro atoms. The highest BCUT2D eigenvalue weighted by atomic mass is 15.3. The molecule has 2 N–H and O–H groups in total. The molecule has 51 heavy (non-hydrogen) atoms. The molecular weight excluding hydrogens is 623 g/mol. The molecule has 240 valence electrons. The molecule has 0 fully saturated rings. The molecule has 5 nitrogen and oxygen atoms in total. The van der Waals surface area contributed by atoms with E-state index in [1.54, 1.807) is 12.4 Å². The number of nitrogens with zero attached hydrogens (tertiary/aromatic N) is 3. The van der Waals surface area contributed by atoms with E-state index < -0.39 is 0 Å². The molecule has 1 aliphatic carbocycles. The Bertz CT molecular complexity index is 2610. The van der Waals surface area contributed by atoms with E-state index in [1.807, 2.05) is 60.9 Å². The van der Waals surface area contributed by atoms with Gasteiger partial charge in [-0.05, 0) is 114 Å². The highest BCUT2D eigenvalue weighted by Crippen LogP contribution is 2.43. The molecule has 5 heteroatoms. The van der Waals surface area contributed by atoms with Gasteiger partial charge < -0.3 is 0 Å². The quantitative estimate of drug-likeness (QED) is 0.107. The van der Waals surface area contributed by atoms with Crippen molar-refractivity contribution in [2.75, 3.05) is 5.43 Å². The normalized spacial score (nSPS) is 13.6. The number of benzene rings is 6. The topological polar surface area (TPSA) is 74.0 Å². The van der Waals surface area contributed by atoms with Crippen molar-refractivity contribution < 1.29 is 0 Å². The molecule has 0 amide bonds. The van der Waals surface area contributed by atoms with Crippen LogP contribution in [0.25, 0.3) is 71.3 Å². The average molecular weight is 654 g/mol. The first kappa shape index (κ1) is 30.1. The minimum Gasteiger partial charge on any atom is -0.299 e. The smallest absolute Gasteiger partial charge is 0.108 e. The van der Waals surface area contributed by atoms with Crippen molar-refractivity contribution in [3.05, 3.63) is 182 Å². The van der Waals surface area contributed by atoms with Crippen LogP contribution >= 0.6 is 0 Å². The molecule has 0 bridgehead atoms. The van der Waals surface area contributed by atoms with Crippen molar-refractivity contribution in [2.45, 2.75) is 0 Å². The Morgan fingerprint density at radius 1 is 0.490 bits per heavy atom. The van der Waals surface area contributed by atoms with Gasteiger partial charge >= 0.3 is 0 Å². The van der Waals surface area contributed by atoms with E-state index in [2.05, 4.69) is 119 Å². The molecule has 9 rings (SSSR count). The predicted molar refractivity (Wildman–Crippen MR) is 213 cm³/mol. The summed E-state index contributed by atoms with van der Waals surface area (Å²) in [5.41, 5.74) is 13.5. The monoisotopic (exact) mass is 653 g/mol. The van der Waals surface area contributed by atoms with Crippen molar-refractivity contribution in [1.29, 1.82) is 5.41 Å². The molecule has 2 heterocycles. The largest absolute Gasteiger partial charge is 0.299 e. The lowest BCUT2D eigenvalue weighted by atomic mass is 9.84. The summed E-state index contributed by atoms with van der Waals surface area (Å²) in [7, 11) is 0. The first-order valence-electron chi connectivity index (χ1n) is 16.9. The van der Waals surface area contributed by atoms with Crippen LogP contribution < -0.4 is 5.43 Å². The number of hydrogen-bond donors (Lipinski definition) is 2. The van der Waals surface area contributed by atoms with Crippen LogP contribution in [0.5, 0.6) is 0 Å². The number of hydrogen-bond acceptors (Lipinski definition) is 5. The highest BCUT2D eigenvalue weighted by molar-refractivity contribution is 6.52. The zero-order valence-electron chi connectivity index (χ0n) is 27.6. The second-order valence-electron chi connectivity index (χ2n) is 12.6. The van der Waals surface area contributed by atoms with Crippen molar-refractivity contribution >= 4 is 55.0 Å². The third kappa shape index (κ3) is 5.67. The Kier molecular flexibility index (Phi) is 7.56. The summed E-state index contributed by atoms with van der Waals surface area (Å²) < 4.78 is 0. The van der Waals surface area contributed by atoms with E-state index in [0.29, 0.717) is 11.4 Å². The minimum atomic E-state index is 0.336. The minimum absolute atomic E-state index is 0.336. The number of rotatable bonds is 6. The molecule has 1 aliphatic rings. The van der Waals surface area contributed by atoms with Gasteiger partial charge in [0.25, 0.3) is 0 Å². The van der Waals surface area contributed by atoms with Crippen molar-refractivity contribution in [2.24, 2.45) is 5.10 Å². The summed E-state index contributed by atoms with van der Waals surface area (Å²) in [6.45, 7) is 0. The molecule has 0 saturated carbocycles. The standard InChI is InChI=1S/C46H31N5/c47-43-27-33(19-20-44(43)51-50-38-25-36(34-11-7-21-48-28-34)24-37(26-38)35-12-8-22-49-29-35)46-41-15-5-3-13-39(41)45(40-14-4-6-16-42(40)46)32-18-17-30-9-1-2-10-31(30)23-32/h1-29,47,50H/b47-43?,51-44-. The predicted octanol–water partition coefficient (Wildman–Crippen LogP) is 11.4. The van der Waals surface area contributed by atoms with Crippen LogP contribution in [0.2, 0.25) is 0 Å². The summed E-state index contributed by atoms with van der Waals surface area (Å²) in [4.78, 5) is 8.64.